The number of aryl methyl sites for hydroxylation is 1. The van der Waals surface area contributed by atoms with Gasteiger partial charge in [-0.1, -0.05) is 30.0 Å². The van der Waals surface area contributed by atoms with Crippen LogP contribution in [0.1, 0.15) is 47.5 Å². The predicted octanol–water partition coefficient (Wildman–Crippen LogP) is 5.38. The van der Waals surface area contributed by atoms with Gasteiger partial charge in [0.05, 0.1) is 24.5 Å². The summed E-state index contributed by atoms with van der Waals surface area (Å²) >= 11 is 2.77. The zero-order chi connectivity index (χ0) is 25.7. The maximum Gasteiger partial charge on any atom is 0.341 e. The molecule has 1 aromatic carbocycles. The number of allylic oxidation sites excluding steroid dienone is 1. The van der Waals surface area contributed by atoms with E-state index in [4.69, 9.17) is 9.47 Å². The highest BCUT2D eigenvalue weighted by Gasteiger charge is 2.28. The van der Waals surface area contributed by atoms with Crippen LogP contribution in [0.15, 0.2) is 42.1 Å². The normalized spacial score (nSPS) is 12.8. The Kier molecular flexibility index (Phi) is 8.48. The van der Waals surface area contributed by atoms with Gasteiger partial charge in [-0.3, -0.25) is 9.36 Å². The molecule has 36 heavy (non-hydrogen) atoms. The van der Waals surface area contributed by atoms with Crippen molar-refractivity contribution in [3.05, 3.63) is 52.9 Å². The van der Waals surface area contributed by atoms with Crippen molar-refractivity contribution >= 4 is 40.0 Å². The molecule has 0 unspecified atom stereocenters. The van der Waals surface area contributed by atoms with E-state index in [1.165, 1.54) is 23.1 Å². The number of nitrogens with one attached hydrogen (secondary N) is 1. The van der Waals surface area contributed by atoms with Crippen molar-refractivity contribution in [2.24, 2.45) is 0 Å². The van der Waals surface area contributed by atoms with Crippen molar-refractivity contribution < 1.29 is 19.1 Å². The predicted molar refractivity (Wildman–Crippen MR) is 143 cm³/mol. The van der Waals surface area contributed by atoms with Gasteiger partial charge in [-0.15, -0.1) is 28.1 Å². The number of methoxy groups -OCH3 is 1. The van der Waals surface area contributed by atoms with E-state index in [0.29, 0.717) is 28.1 Å². The molecule has 3 aromatic rings. The fourth-order valence-corrected chi connectivity index (χ4v) is 6.14. The Labute approximate surface area is 219 Å². The largest absolute Gasteiger partial charge is 0.497 e. The molecule has 0 saturated heterocycles. The topological polar surface area (TPSA) is 95.3 Å². The Hall–Kier alpha value is -3.11. The number of carbonyl (C=O) groups excluding carboxylic acids is 2. The van der Waals surface area contributed by atoms with E-state index in [2.05, 4.69) is 22.1 Å². The van der Waals surface area contributed by atoms with Crippen LogP contribution in [-0.2, 0) is 28.9 Å². The molecule has 10 heteroatoms. The zero-order valence-corrected chi connectivity index (χ0v) is 22.3. The summed E-state index contributed by atoms with van der Waals surface area (Å²) in [5, 5.41) is 12.8. The number of thioether (sulfide) groups is 1. The monoisotopic (exact) mass is 526 g/mol. The first-order valence-electron chi connectivity index (χ1n) is 11.9. The van der Waals surface area contributed by atoms with Crippen molar-refractivity contribution in [2.45, 2.75) is 57.3 Å². The van der Waals surface area contributed by atoms with Crippen molar-refractivity contribution in [1.29, 1.82) is 0 Å². The fourth-order valence-electron chi connectivity index (χ4n) is 4.10. The lowest BCUT2D eigenvalue weighted by molar-refractivity contribution is -0.113. The van der Waals surface area contributed by atoms with E-state index < -0.39 is 0 Å². The molecule has 0 fully saturated rings. The van der Waals surface area contributed by atoms with Crippen LogP contribution in [0, 0.1) is 0 Å². The average Bonchev–Trinajstić information content (AvgIpc) is 3.43. The van der Waals surface area contributed by atoms with Gasteiger partial charge < -0.3 is 14.8 Å². The minimum Gasteiger partial charge on any atom is -0.497 e. The molecule has 0 saturated carbocycles. The maximum atomic E-state index is 13.0. The summed E-state index contributed by atoms with van der Waals surface area (Å²) < 4.78 is 12.7. The van der Waals surface area contributed by atoms with Crippen LogP contribution in [0.3, 0.4) is 0 Å². The van der Waals surface area contributed by atoms with Gasteiger partial charge in [0.2, 0.25) is 5.91 Å². The Morgan fingerprint density at radius 1 is 1.28 bits per heavy atom. The highest BCUT2D eigenvalue weighted by Crippen LogP contribution is 2.39. The molecule has 0 radical (unpaired) electrons. The lowest BCUT2D eigenvalue weighted by atomic mass is 9.95. The number of nitrogens with zero attached hydrogens (tertiary/aromatic N) is 3. The third-order valence-electron chi connectivity index (χ3n) is 5.66. The molecule has 190 valence electrons. The molecule has 1 aliphatic carbocycles. The van der Waals surface area contributed by atoms with E-state index in [0.717, 1.165) is 47.4 Å². The number of amides is 1. The van der Waals surface area contributed by atoms with Gasteiger partial charge in [0, 0.05) is 17.0 Å². The number of benzene rings is 1. The van der Waals surface area contributed by atoms with Crippen LogP contribution in [0.5, 0.6) is 5.75 Å². The van der Waals surface area contributed by atoms with Crippen LogP contribution >= 0.6 is 23.1 Å². The van der Waals surface area contributed by atoms with E-state index >= 15 is 0 Å². The Morgan fingerprint density at radius 3 is 2.83 bits per heavy atom. The minimum absolute atomic E-state index is 0.120. The molecule has 0 aliphatic heterocycles. The van der Waals surface area contributed by atoms with Gasteiger partial charge in [-0.25, -0.2) is 4.79 Å². The molecule has 0 atom stereocenters. The number of anilines is 1. The van der Waals surface area contributed by atoms with E-state index in [9.17, 15) is 9.59 Å². The van der Waals surface area contributed by atoms with Gasteiger partial charge in [0.15, 0.2) is 11.0 Å². The number of fused-ring (bicyclic) bond motifs is 1. The van der Waals surface area contributed by atoms with Gasteiger partial charge in [-0.2, -0.15) is 0 Å². The molecule has 1 amide bonds. The van der Waals surface area contributed by atoms with Gasteiger partial charge in [0.25, 0.3) is 0 Å². The standard InChI is InChI=1S/C26H30N4O4S2/c1-5-13-30-23(17-9-8-10-18(14-17)33-4)28-29-26(30)35-15-21(31)27-24-22(25(32)34-16(2)3)19-11-6-7-12-20(19)36-24/h5,8-10,14,16H,1,6-7,11-13,15H2,2-4H3,(H,27,31). The number of rotatable bonds is 10. The maximum absolute atomic E-state index is 13.0. The molecule has 2 heterocycles. The third kappa shape index (κ3) is 5.82. The summed E-state index contributed by atoms with van der Waals surface area (Å²) in [6.07, 6.45) is 5.40. The van der Waals surface area contributed by atoms with Gasteiger partial charge >= 0.3 is 5.97 Å². The summed E-state index contributed by atoms with van der Waals surface area (Å²) in [5.41, 5.74) is 2.39. The second kappa shape index (κ2) is 11.7. The molecular weight excluding hydrogens is 496 g/mol. The smallest absolute Gasteiger partial charge is 0.341 e. The number of hydrogen-bond acceptors (Lipinski definition) is 8. The van der Waals surface area contributed by atoms with Crippen LogP contribution in [0.2, 0.25) is 0 Å². The summed E-state index contributed by atoms with van der Waals surface area (Å²) in [5.74, 6) is 0.921. The Balaban J connectivity index is 1.51. The first kappa shape index (κ1) is 26.0. The molecular formula is C26H30N4O4S2. The summed E-state index contributed by atoms with van der Waals surface area (Å²) in [6.45, 7) is 7.98. The Bertz CT molecular complexity index is 1260. The molecule has 1 N–H and O–H groups in total. The highest BCUT2D eigenvalue weighted by molar-refractivity contribution is 7.99. The zero-order valence-electron chi connectivity index (χ0n) is 20.7. The molecule has 0 bridgehead atoms. The molecule has 8 nitrogen and oxygen atoms in total. The molecule has 1 aliphatic rings. The lowest BCUT2D eigenvalue weighted by Crippen LogP contribution is -2.19. The molecule has 2 aromatic heterocycles. The third-order valence-corrected chi connectivity index (χ3v) is 7.83. The van der Waals surface area contributed by atoms with Crippen LogP contribution in [0.25, 0.3) is 11.4 Å². The first-order valence-corrected chi connectivity index (χ1v) is 13.7. The van der Waals surface area contributed by atoms with E-state index in [-0.39, 0.29) is 23.7 Å². The number of hydrogen-bond donors (Lipinski definition) is 1. The quantitative estimate of drug-likeness (QED) is 0.215. The summed E-state index contributed by atoms with van der Waals surface area (Å²) in [4.78, 5) is 27.0. The number of thiophene rings is 1. The second-order valence-electron chi connectivity index (χ2n) is 8.64. The van der Waals surface area contributed by atoms with Crippen molar-refractivity contribution in [3.8, 4) is 17.1 Å². The van der Waals surface area contributed by atoms with Crippen LogP contribution in [0.4, 0.5) is 5.00 Å². The number of carbonyl (C=O) groups is 2. The SMILES string of the molecule is C=CCn1c(SCC(=O)Nc2sc3c(c2C(=O)OC(C)C)CCCC3)nnc1-c1cccc(OC)c1. The van der Waals surface area contributed by atoms with E-state index in [1.54, 1.807) is 13.2 Å². The lowest BCUT2D eigenvalue weighted by Gasteiger charge is -2.14. The minimum atomic E-state index is -0.374. The molecule has 4 rings (SSSR count). The average molecular weight is 527 g/mol. The Morgan fingerprint density at radius 2 is 2.08 bits per heavy atom. The van der Waals surface area contributed by atoms with Crippen molar-refractivity contribution in [3.63, 3.8) is 0 Å². The first-order chi connectivity index (χ1) is 17.4. The highest BCUT2D eigenvalue weighted by atomic mass is 32.2. The summed E-state index contributed by atoms with van der Waals surface area (Å²) in [7, 11) is 1.62. The van der Waals surface area contributed by atoms with Crippen LogP contribution in [-0.4, -0.2) is 45.6 Å². The van der Waals surface area contributed by atoms with E-state index in [1.807, 2.05) is 42.7 Å². The second-order valence-corrected chi connectivity index (χ2v) is 10.7. The fraction of sp³-hybridized carbons (Fsp3) is 0.385. The summed E-state index contributed by atoms with van der Waals surface area (Å²) in [6, 6.07) is 7.58. The number of aromatic nitrogens is 3. The van der Waals surface area contributed by atoms with Crippen molar-refractivity contribution in [1.82, 2.24) is 14.8 Å². The van der Waals surface area contributed by atoms with Crippen molar-refractivity contribution in [2.75, 3.05) is 18.2 Å². The molecule has 0 spiro atoms. The number of esters is 1. The van der Waals surface area contributed by atoms with Gasteiger partial charge in [0.1, 0.15) is 10.8 Å². The van der Waals surface area contributed by atoms with Crippen LogP contribution < -0.4 is 10.1 Å². The number of ether oxygens (including phenoxy) is 2. The van der Waals surface area contributed by atoms with Gasteiger partial charge in [-0.05, 0) is 57.2 Å².